The largest absolute Gasteiger partial charge is 0.496 e. The standard InChI is InChI=1S/C13H16N2O3/c1-7-5-9(16-3)8(2)13(17-4)12(7)10-6-11(14)15-18-10/h5-6H,1-4H3,(H2,14,15). The van der Waals surface area contributed by atoms with Crippen molar-refractivity contribution in [3.63, 3.8) is 0 Å². The van der Waals surface area contributed by atoms with E-state index in [1.165, 1.54) is 0 Å². The van der Waals surface area contributed by atoms with E-state index in [2.05, 4.69) is 5.16 Å². The molecule has 0 atom stereocenters. The fraction of sp³-hybridized carbons (Fsp3) is 0.308. The molecule has 0 amide bonds. The van der Waals surface area contributed by atoms with Gasteiger partial charge in [0.1, 0.15) is 11.5 Å². The van der Waals surface area contributed by atoms with Gasteiger partial charge in [0.05, 0.1) is 19.8 Å². The number of rotatable bonds is 3. The van der Waals surface area contributed by atoms with E-state index in [9.17, 15) is 0 Å². The molecule has 0 aliphatic carbocycles. The number of nitrogens with two attached hydrogens (primary N) is 1. The lowest BCUT2D eigenvalue weighted by Gasteiger charge is -2.15. The van der Waals surface area contributed by atoms with E-state index in [1.807, 2.05) is 19.9 Å². The van der Waals surface area contributed by atoms with Crippen molar-refractivity contribution in [1.29, 1.82) is 0 Å². The van der Waals surface area contributed by atoms with Crippen LogP contribution in [0.4, 0.5) is 5.82 Å². The van der Waals surface area contributed by atoms with Crippen molar-refractivity contribution in [3.05, 3.63) is 23.3 Å². The lowest BCUT2D eigenvalue weighted by molar-refractivity contribution is 0.385. The molecule has 1 heterocycles. The molecule has 2 aromatic rings. The van der Waals surface area contributed by atoms with Crippen LogP contribution in [-0.2, 0) is 0 Å². The molecule has 0 saturated heterocycles. The van der Waals surface area contributed by atoms with Crippen molar-refractivity contribution in [2.24, 2.45) is 0 Å². The highest BCUT2D eigenvalue weighted by atomic mass is 16.5. The molecule has 0 fully saturated rings. The predicted octanol–water partition coefficient (Wildman–Crippen LogP) is 2.56. The van der Waals surface area contributed by atoms with E-state index in [-0.39, 0.29) is 0 Å². The first kappa shape index (κ1) is 12.3. The lowest BCUT2D eigenvalue weighted by atomic mass is 10.0. The number of ether oxygens (including phenoxy) is 2. The second-order valence-electron chi connectivity index (χ2n) is 4.05. The van der Waals surface area contributed by atoms with Crippen LogP contribution in [0.25, 0.3) is 11.3 Å². The van der Waals surface area contributed by atoms with E-state index >= 15 is 0 Å². The Labute approximate surface area is 105 Å². The van der Waals surface area contributed by atoms with Crippen LogP contribution in [0.3, 0.4) is 0 Å². The van der Waals surface area contributed by atoms with Crippen LogP contribution in [0.15, 0.2) is 16.7 Å². The summed E-state index contributed by atoms with van der Waals surface area (Å²) in [5, 5.41) is 3.70. The van der Waals surface area contributed by atoms with Gasteiger partial charge in [-0.15, -0.1) is 0 Å². The normalized spacial score (nSPS) is 10.4. The Balaban J connectivity index is 2.70. The molecule has 2 rings (SSSR count). The number of anilines is 1. The minimum absolute atomic E-state index is 0.347. The molecule has 0 unspecified atom stereocenters. The van der Waals surface area contributed by atoms with Gasteiger partial charge in [-0.1, -0.05) is 5.16 Å². The van der Waals surface area contributed by atoms with Crippen LogP contribution in [0.1, 0.15) is 11.1 Å². The zero-order valence-electron chi connectivity index (χ0n) is 10.9. The van der Waals surface area contributed by atoms with Crippen LogP contribution in [0, 0.1) is 13.8 Å². The summed E-state index contributed by atoms with van der Waals surface area (Å²) in [5.41, 5.74) is 8.32. The first-order valence-corrected chi connectivity index (χ1v) is 5.53. The number of aromatic nitrogens is 1. The molecule has 1 aromatic carbocycles. The minimum Gasteiger partial charge on any atom is -0.496 e. The minimum atomic E-state index is 0.347. The summed E-state index contributed by atoms with van der Waals surface area (Å²) < 4.78 is 16.0. The summed E-state index contributed by atoms with van der Waals surface area (Å²) >= 11 is 0. The second-order valence-corrected chi connectivity index (χ2v) is 4.05. The maximum atomic E-state index is 5.58. The molecular weight excluding hydrogens is 232 g/mol. The summed E-state index contributed by atoms with van der Waals surface area (Å²) in [4.78, 5) is 0. The highest BCUT2D eigenvalue weighted by Gasteiger charge is 2.19. The van der Waals surface area contributed by atoms with Crippen LogP contribution in [-0.4, -0.2) is 19.4 Å². The van der Waals surface area contributed by atoms with Crippen molar-refractivity contribution in [2.75, 3.05) is 20.0 Å². The van der Waals surface area contributed by atoms with E-state index < -0.39 is 0 Å². The summed E-state index contributed by atoms with van der Waals surface area (Å²) in [5.74, 6) is 2.43. The Morgan fingerprint density at radius 3 is 2.39 bits per heavy atom. The maximum Gasteiger partial charge on any atom is 0.173 e. The molecular formula is C13H16N2O3. The van der Waals surface area contributed by atoms with E-state index in [1.54, 1.807) is 20.3 Å². The third kappa shape index (κ3) is 1.88. The number of methoxy groups -OCH3 is 2. The smallest absolute Gasteiger partial charge is 0.173 e. The molecule has 0 radical (unpaired) electrons. The predicted molar refractivity (Wildman–Crippen MR) is 68.9 cm³/mol. The Morgan fingerprint density at radius 2 is 1.89 bits per heavy atom. The van der Waals surface area contributed by atoms with Gasteiger partial charge >= 0.3 is 0 Å². The van der Waals surface area contributed by atoms with Crippen molar-refractivity contribution in [2.45, 2.75) is 13.8 Å². The molecule has 18 heavy (non-hydrogen) atoms. The molecule has 0 bridgehead atoms. The average molecular weight is 248 g/mol. The summed E-state index contributed by atoms with van der Waals surface area (Å²) in [7, 11) is 3.25. The molecule has 5 heteroatoms. The maximum absolute atomic E-state index is 5.58. The zero-order chi connectivity index (χ0) is 13.3. The Hall–Kier alpha value is -2.17. The van der Waals surface area contributed by atoms with Gasteiger partial charge in [0, 0.05) is 11.6 Å². The van der Waals surface area contributed by atoms with E-state index in [0.717, 1.165) is 22.4 Å². The highest BCUT2D eigenvalue weighted by Crippen LogP contribution is 2.40. The van der Waals surface area contributed by atoms with Crippen molar-refractivity contribution < 1.29 is 14.0 Å². The Morgan fingerprint density at radius 1 is 1.17 bits per heavy atom. The molecule has 0 aliphatic heterocycles. The number of hydrogen-bond donors (Lipinski definition) is 1. The van der Waals surface area contributed by atoms with Gasteiger partial charge in [-0.3, -0.25) is 0 Å². The van der Waals surface area contributed by atoms with Crippen molar-refractivity contribution >= 4 is 5.82 Å². The van der Waals surface area contributed by atoms with E-state index in [4.69, 9.17) is 19.7 Å². The third-order valence-corrected chi connectivity index (χ3v) is 2.88. The zero-order valence-corrected chi connectivity index (χ0v) is 10.9. The van der Waals surface area contributed by atoms with Crippen molar-refractivity contribution in [3.8, 4) is 22.8 Å². The SMILES string of the molecule is COc1cc(C)c(-c2cc(N)no2)c(OC)c1C. The molecule has 5 nitrogen and oxygen atoms in total. The first-order valence-electron chi connectivity index (χ1n) is 5.53. The molecule has 0 saturated carbocycles. The monoisotopic (exact) mass is 248 g/mol. The third-order valence-electron chi connectivity index (χ3n) is 2.88. The van der Waals surface area contributed by atoms with Crippen molar-refractivity contribution in [1.82, 2.24) is 5.16 Å². The molecule has 1 aromatic heterocycles. The van der Waals surface area contributed by atoms with Gasteiger partial charge in [-0.2, -0.15) is 0 Å². The van der Waals surface area contributed by atoms with Gasteiger partial charge in [-0.05, 0) is 25.5 Å². The quantitative estimate of drug-likeness (QED) is 0.903. The number of hydrogen-bond acceptors (Lipinski definition) is 5. The van der Waals surface area contributed by atoms with Crippen LogP contribution in [0.2, 0.25) is 0 Å². The number of benzene rings is 1. The van der Waals surface area contributed by atoms with Crippen LogP contribution >= 0.6 is 0 Å². The van der Waals surface area contributed by atoms with E-state index in [0.29, 0.717) is 17.3 Å². The Bertz CT molecular complexity index is 576. The Kier molecular flexibility index (Phi) is 3.14. The van der Waals surface area contributed by atoms with Crippen LogP contribution < -0.4 is 15.2 Å². The molecule has 96 valence electrons. The molecule has 0 aliphatic rings. The van der Waals surface area contributed by atoms with Gasteiger partial charge in [0.25, 0.3) is 0 Å². The number of nitrogen functional groups attached to an aromatic ring is 1. The summed E-state index contributed by atoms with van der Waals surface area (Å²) in [6, 6.07) is 3.61. The lowest BCUT2D eigenvalue weighted by Crippen LogP contribution is -1.97. The number of aryl methyl sites for hydroxylation is 1. The fourth-order valence-corrected chi connectivity index (χ4v) is 2.04. The number of nitrogens with zero attached hydrogens (tertiary/aromatic N) is 1. The van der Waals surface area contributed by atoms with Gasteiger partial charge < -0.3 is 19.7 Å². The highest BCUT2D eigenvalue weighted by molar-refractivity contribution is 5.75. The summed E-state index contributed by atoms with van der Waals surface area (Å²) in [6.45, 7) is 3.89. The van der Waals surface area contributed by atoms with Gasteiger partial charge in [0.15, 0.2) is 11.6 Å². The van der Waals surface area contributed by atoms with Crippen LogP contribution in [0.5, 0.6) is 11.5 Å². The second kappa shape index (κ2) is 4.60. The topological polar surface area (TPSA) is 70.5 Å². The fourth-order valence-electron chi connectivity index (χ4n) is 2.04. The first-order chi connectivity index (χ1) is 8.58. The molecule has 0 spiro atoms. The molecule has 2 N–H and O–H groups in total. The summed E-state index contributed by atoms with van der Waals surface area (Å²) in [6.07, 6.45) is 0. The average Bonchev–Trinajstić information content (AvgIpc) is 2.77. The van der Waals surface area contributed by atoms with Gasteiger partial charge in [-0.25, -0.2) is 0 Å². The van der Waals surface area contributed by atoms with Gasteiger partial charge in [0.2, 0.25) is 0 Å².